The van der Waals surface area contributed by atoms with Gasteiger partial charge in [0.2, 0.25) is 0 Å². The van der Waals surface area contributed by atoms with Crippen LogP contribution in [-0.2, 0) is 63.2 Å². The third kappa shape index (κ3) is 21.7. The lowest BCUT2D eigenvalue weighted by molar-refractivity contribution is -0.137. The van der Waals surface area contributed by atoms with E-state index < -0.39 is 63.2 Å². The summed E-state index contributed by atoms with van der Waals surface area (Å²) in [5.41, 5.74) is 4.48. The Hall–Kier alpha value is -6.27. The minimum absolute atomic E-state index is 0.0547. The molecule has 0 fully saturated rings. The van der Waals surface area contributed by atoms with Crippen LogP contribution in [0.3, 0.4) is 0 Å². The van der Waals surface area contributed by atoms with Crippen molar-refractivity contribution in [3.8, 4) is 5.75 Å². The number of aryl methyl sites for hydroxylation is 4. The molecule has 83 heavy (non-hydrogen) atoms. The molecule has 7 aromatic carbocycles. The van der Waals surface area contributed by atoms with Crippen molar-refractivity contribution >= 4 is 93.0 Å². The van der Waals surface area contributed by atoms with Crippen molar-refractivity contribution in [3.05, 3.63) is 201 Å². The van der Waals surface area contributed by atoms with Gasteiger partial charge in [0.25, 0.3) is 0 Å². The second-order valence-corrected chi connectivity index (χ2v) is 28.0. The lowest BCUT2D eigenvalue weighted by atomic mass is 10.0. The van der Waals surface area contributed by atoms with Gasteiger partial charge in [-0.3, -0.25) is 14.4 Å². The van der Waals surface area contributed by atoms with Crippen LogP contribution in [0.15, 0.2) is 178 Å². The third-order valence-electron chi connectivity index (χ3n) is 14.0. The topological polar surface area (TPSA) is 235 Å². The minimum Gasteiger partial charge on any atom is -0.508 e. The van der Waals surface area contributed by atoms with E-state index in [4.69, 9.17) is 34.8 Å². The summed E-state index contributed by atoms with van der Waals surface area (Å²) in [7, 11) is -11.8. The Morgan fingerprint density at radius 1 is 0.373 bits per heavy atom. The average Bonchev–Trinajstić information content (AvgIpc) is 3.53. The third-order valence-corrected chi connectivity index (χ3v) is 21.1. The van der Waals surface area contributed by atoms with Crippen molar-refractivity contribution in [2.24, 2.45) is 0 Å². The molecule has 0 radical (unpaired) electrons. The molecule has 0 aliphatic heterocycles. The second kappa shape index (κ2) is 33.3. The molecular weight excluding hydrogens is 1180 g/mol. The number of phenols is 1. The standard InChI is InChI=1S/C23H23ClO4S.C22H27ClO4S.C19H21ClO5S/c24-20-13-10-17(11-14-20)6-2-1-3-9-22(23(25)26)29(27,28)21-15-12-18-7-4-5-8-19(18)16-21;1-17-9-15-20(16-10-17)28(26,27)21(22(24)25)8-6-4-2-3-5-7-18-11-13-19(23)14-12-18;20-15-8-6-14(7-9-15)4-2-1-3-5-18(19(22)23)26(24,25)17-12-10-16(21)11-13-17/h4-5,7-8,10-16,22H,1-3,6,9H2,(H,25,26);9-16,21H,2-8H2,1H3,(H,24,25);6-13,18,21H,1-5H2,(H,22,23). The number of hydrogen-bond donors (Lipinski definition) is 4. The number of unbranched alkanes of at least 4 members (excludes halogenated alkanes) is 8. The van der Waals surface area contributed by atoms with Crippen molar-refractivity contribution in [2.75, 3.05) is 0 Å². The van der Waals surface area contributed by atoms with Crippen LogP contribution in [0.25, 0.3) is 10.8 Å². The molecule has 0 aromatic heterocycles. The second-order valence-electron chi connectivity index (χ2n) is 20.3. The first-order chi connectivity index (χ1) is 39.5. The maximum atomic E-state index is 12.9. The lowest BCUT2D eigenvalue weighted by Gasteiger charge is -2.14. The van der Waals surface area contributed by atoms with E-state index in [1.165, 1.54) is 48.0 Å². The summed E-state index contributed by atoms with van der Waals surface area (Å²) in [5, 5.41) is 37.1. The Kier molecular flexibility index (Phi) is 27.1. The van der Waals surface area contributed by atoms with Crippen LogP contribution in [0.5, 0.6) is 5.75 Å². The monoisotopic (exact) mass is 1250 g/mol. The number of aromatic hydroxyl groups is 1. The Morgan fingerprint density at radius 3 is 1.05 bits per heavy atom. The summed E-state index contributed by atoms with van der Waals surface area (Å²) in [6.45, 7) is 1.86. The predicted molar refractivity (Wildman–Crippen MR) is 329 cm³/mol. The zero-order valence-electron chi connectivity index (χ0n) is 46.2. The molecule has 4 N–H and O–H groups in total. The Balaban J connectivity index is 0.000000228. The number of benzene rings is 7. The molecule has 0 aliphatic carbocycles. The van der Waals surface area contributed by atoms with Gasteiger partial charge in [-0.2, -0.15) is 0 Å². The van der Waals surface area contributed by atoms with E-state index >= 15 is 0 Å². The highest BCUT2D eigenvalue weighted by atomic mass is 35.5. The highest BCUT2D eigenvalue weighted by Crippen LogP contribution is 2.28. The molecule has 0 aliphatic rings. The normalized spacial score (nSPS) is 12.7. The molecule has 3 atom stereocenters. The van der Waals surface area contributed by atoms with Crippen molar-refractivity contribution in [2.45, 2.75) is 147 Å². The van der Waals surface area contributed by atoms with Gasteiger partial charge >= 0.3 is 17.9 Å². The fraction of sp³-hybridized carbons (Fsp3) is 0.328. The van der Waals surface area contributed by atoms with Crippen molar-refractivity contribution < 1.29 is 60.1 Å². The largest absolute Gasteiger partial charge is 0.508 e. The Bertz CT molecular complexity index is 3530. The van der Waals surface area contributed by atoms with E-state index in [-0.39, 0.29) is 39.7 Å². The van der Waals surface area contributed by atoms with Gasteiger partial charge in [-0.25, -0.2) is 25.3 Å². The molecule has 3 unspecified atom stereocenters. The van der Waals surface area contributed by atoms with Gasteiger partial charge in [0.15, 0.2) is 45.3 Å². The van der Waals surface area contributed by atoms with Crippen LogP contribution in [0, 0.1) is 6.92 Å². The number of rotatable bonds is 29. The van der Waals surface area contributed by atoms with E-state index in [1.54, 1.807) is 24.3 Å². The molecule has 0 saturated heterocycles. The molecule has 444 valence electrons. The smallest absolute Gasteiger partial charge is 0.322 e. The van der Waals surface area contributed by atoms with E-state index in [0.29, 0.717) is 29.3 Å². The van der Waals surface area contributed by atoms with Crippen LogP contribution in [-0.4, -0.2) is 79.3 Å². The minimum atomic E-state index is -3.99. The SMILES string of the molecule is Cc1ccc(S(=O)(=O)C(CCCCCCCc2ccc(Cl)cc2)C(=O)O)cc1.O=C(O)C(CCCCCc1ccc(Cl)cc1)S(=O)(=O)c1ccc(O)cc1.O=C(O)C(CCCCCc1ccc(Cl)cc1)S(=O)(=O)c1ccc2ccccc2c1. The van der Waals surface area contributed by atoms with E-state index in [0.717, 1.165) is 103 Å². The van der Waals surface area contributed by atoms with Gasteiger partial charge in [0, 0.05) is 15.1 Å². The number of phenolic OH excluding ortho intramolecular Hbond substituents is 1. The number of sulfone groups is 3. The molecule has 0 saturated carbocycles. The summed E-state index contributed by atoms with van der Waals surface area (Å²) in [5.74, 6) is -3.99. The van der Waals surface area contributed by atoms with Crippen molar-refractivity contribution in [3.63, 3.8) is 0 Å². The van der Waals surface area contributed by atoms with E-state index in [9.17, 15) is 60.1 Å². The summed E-state index contributed by atoms with van der Waals surface area (Å²) >= 11 is 17.6. The van der Waals surface area contributed by atoms with Gasteiger partial charge in [-0.05, 0) is 177 Å². The molecular formula is C64H71Cl3O13S3. The fourth-order valence-electron chi connectivity index (χ4n) is 9.25. The number of halogens is 3. The van der Waals surface area contributed by atoms with E-state index in [2.05, 4.69) is 0 Å². The van der Waals surface area contributed by atoms with Gasteiger partial charge in [0.05, 0.1) is 14.7 Å². The maximum absolute atomic E-state index is 12.9. The highest BCUT2D eigenvalue weighted by molar-refractivity contribution is 7.93. The zero-order valence-corrected chi connectivity index (χ0v) is 50.9. The zero-order chi connectivity index (χ0) is 60.6. The van der Waals surface area contributed by atoms with Gasteiger partial charge in [0.1, 0.15) is 5.75 Å². The number of fused-ring (bicyclic) bond motifs is 1. The molecule has 0 bridgehead atoms. The molecule has 13 nitrogen and oxygen atoms in total. The fourth-order valence-corrected chi connectivity index (χ4v) is 14.4. The predicted octanol–water partition coefficient (Wildman–Crippen LogP) is 15.1. The Labute approximate surface area is 503 Å². The molecule has 0 heterocycles. The summed E-state index contributed by atoms with van der Waals surface area (Å²) in [6.07, 6.45) is 11.7. The number of carboxylic acids is 3. The summed E-state index contributed by atoms with van der Waals surface area (Å²) < 4.78 is 76.2. The van der Waals surface area contributed by atoms with Crippen molar-refractivity contribution in [1.29, 1.82) is 0 Å². The Morgan fingerprint density at radius 2 is 0.675 bits per heavy atom. The molecule has 19 heteroatoms. The van der Waals surface area contributed by atoms with Crippen LogP contribution in [0.4, 0.5) is 0 Å². The van der Waals surface area contributed by atoms with Crippen molar-refractivity contribution in [1.82, 2.24) is 0 Å². The highest BCUT2D eigenvalue weighted by Gasteiger charge is 2.35. The van der Waals surface area contributed by atoms with E-state index in [1.807, 2.05) is 104 Å². The molecule has 7 aromatic rings. The first-order valence-corrected chi connectivity index (χ1v) is 33.2. The molecule has 7 rings (SSSR count). The summed E-state index contributed by atoms with van der Waals surface area (Å²) in [4.78, 5) is 34.8. The lowest BCUT2D eigenvalue weighted by Crippen LogP contribution is -2.30. The maximum Gasteiger partial charge on any atom is 0.322 e. The first-order valence-electron chi connectivity index (χ1n) is 27.5. The van der Waals surface area contributed by atoms with Crippen LogP contribution in [0.2, 0.25) is 15.1 Å². The first kappa shape index (κ1) is 67.5. The average molecular weight is 1250 g/mol. The molecule has 0 amide bonds. The number of hydrogen-bond acceptors (Lipinski definition) is 10. The quantitative estimate of drug-likeness (QED) is 0.0320. The van der Waals surface area contributed by atoms with Crippen LogP contribution in [0.1, 0.15) is 112 Å². The number of carboxylic acid groups (broad SMARTS) is 3. The van der Waals surface area contributed by atoms with Gasteiger partial charge < -0.3 is 20.4 Å². The number of aliphatic carboxylic acids is 3. The molecule has 0 spiro atoms. The van der Waals surface area contributed by atoms with Crippen LogP contribution < -0.4 is 0 Å². The van der Waals surface area contributed by atoms with Gasteiger partial charge in [-0.15, -0.1) is 0 Å². The van der Waals surface area contributed by atoms with Gasteiger partial charge in [-0.1, -0.05) is 171 Å². The number of carbonyl (C=O) groups is 3. The summed E-state index contributed by atoms with van der Waals surface area (Å²) in [6, 6.07) is 46.4. The van der Waals surface area contributed by atoms with Crippen LogP contribution >= 0.6 is 34.8 Å².